The van der Waals surface area contributed by atoms with Crippen LogP contribution in [0.2, 0.25) is 10.0 Å². The standard InChI is InChI=1S/C24H27Cl2N3O5S/c1-14(2)27-13-22-28(19(24(27)31)11-16-5-7-17(25)8-6-16)23(30)15(3)29(22)35(32,33)21-12-18(26)9-10-20(21)34-4/h5-10,12,14-15,19,22H,11,13H2,1-4H3. The molecule has 35 heavy (non-hydrogen) atoms. The minimum Gasteiger partial charge on any atom is -0.495 e. The number of benzene rings is 2. The van der Waals surface area contributed by atoms with Crippen molar-refractivity contribution in [2.75, 3.05) is 13.7 Å². The average molecular weight is 540 g/mol. The topological polar surface area (TPSA) is 87.2 Å². The van der Waals surface area contributed by atoms with Crippen molar-refractivity contribution in [3.8, 4) is 5.75 Å². The molecule has 0 spiro atoms. The summed E-state index contributed by atoms with van der Waals surface area (Å²) in [5, 5.41) is 0.784. The Morgan fingerprint density at radius 1 is 1.03 bits per heavy atom. The number of fused-ring (bicyclic) bond motifs is 1. The summed E-state index contributed by atoms with van der Waals surface area (Å²) < 4.78 is 34.3. The Labute approximate surface area is 215 Å². The van der Waals surface area contributed by atoms with Gasteiger partial charge in [0.2, 0.25) is 21.8 Å². The minimum atomic E-state index is -4.22. The summed E-state index contributed by atoms with van der Waals surface area (Å²) in [5.41, 5.74) is 0.815. The fourth-order valence-electron chi connectivity index (χ4n) is 4.79. The number of halogens is 2. The molecule has 2 aliphatic heterocycles. The number of nitrogens with zero attached hydrogens (tertiary/aromatic N) is 3. The maximum atomic E-state index is 13.9. The van der Waals surface area contributed by atoms with E-state index in [1.807, 2.05) is 13.8 Å². The molecular formula is C24H27Cl2N3O5S. The molecule has 0 aromatic heterocycles. The van der Waals surface area contributed by atoms with Gasteiger partial charge in [0.1, 0.15) is 28.9 Å². The molecule has 8 nitrogen and oxygen atoms in total. The number of sulfonamides is 1. The van der Waals surface area contributed by atoms with Crippen LogP contribution >= 0.6 is 23.2 Å². The van der Waals surface area contributed by atoms with Crippen molar-refractivity contribution in [1.29, 1.82) is 0 Å². The summed E-state index contributed by atoms with van der Waals surface area (Å²) in [6.45, 7) is 5.34. The smallest absolute Gasteiger partial charge is 0.249 e. The lowest BCUT2D eigenvalue weighted by atomic mass is 9.99. The van der Waals surface area contributed by atoms with Crippen LogP contribution in [0.4, 0.5) is 0 Å². The Morgan fingerprint density at radius 2 is 1.66 bits per heavy atom. The van der Waals surface area contributed by atoms with Crippen molar-refractivity contribution in [2.45, 2.75) is 56.4 Å². The van der Waals surface area contributed by atoms with Crippen molar-refractivity contribution in [1.82, 2.24) is 14.1 Å². The summed E-state index contributed by atoms with van der Waals surface area (Å²) in [5.74, 6) is -0.514. The van der Waals surface area contributed by atoms with Crippen LogP contribution in [0.5, 0.6) is 5.75 Å². The van der Waals surface area contributed by atoms with Gasteiger partial charge in [-0.05, 0) is 56.7 Å². The van der Waals surface area contributed by atoms with E-state index in [0.29, 0.717) is 5.02 Å². The van der Waals surface area contributed by atoms with Gasteiger partial charge >= 0.3 is 0 Å². The van der Waals surface area contributed by atoms with Crippen molar-refractivity contribution < 1.29 is 22.7 Å². The lowest BCUT2D eigenvalue weighted by Crippen LogP contribution is -2.65. The maximum absolute atomic E-state index is 13.9. The average Bonchev–Trinajstić information content (AvgIpc) is 3.07. The molecule has 0 radical (unpaired) electrons. The second kappa shape index (κ2) is 9.61. The van der Waals surface area contributed by atoms with Crippen LogP contribution in [0.15, 0.2) is 47.4 Å². The third-order valence-electron chi connectivity index (χ3n) is 6.52. The first-order valence-corrected chi connectivity index (χ1v) is 13.4. The Kier molecular flexibility index (Phi) is 7.07. The fourth-order valence-corrected chi connectivity index (χ4v) is 7.05. The predicted octanol–water partition coefficient (Wildman–Crippen LogP) is 3.41. The van der Waals surface area contributed by atoms with Gasteiger partial charge in [-0.2, -0.15) is 4.31 Å². The van der Waals surface area contributed by atoms with Crippen LogP contribution in [-0.4, -0.2) is 72.3 Å². The van der Waals surface area contributed by atoms with E-state index in [4.69, 9.17) is 27.9 Å². The van der Waals surface area contributed by atoms with Gasteiger partial charge in [0.15, 0.2) is 0 Å². The number of ether oxygens (including phenoxy) is 1. The zero-order valence-electron chi connectivity index (χ0n) is 19.8. The van der Waals surface area contributed by atoms with E-state index in [2.05, 4.69) is 0 Å². The van der Waals surface area contributed by atoms with E-state index in [1.165, 1.54) is 34.5 Å². The van der Waals surface area contributed by atoms with Gasteiger partial charge in [-0.15, -0.1) is 0 Å². The van der Waals surface area contributed by atoms with Gasteiger partial charge in [-0.25, -0.2) is 8.42 Å². The minimum absolute atomic E-state index is 0.0613. The van der Waals surface area contributed by atoms with Gasteiger partial charge in [-0.3, -0.25) is 9.59 Å². The Hall–Kier alpha value is -2.33. The summed E-state index contributed by atoms with van der Waals surface area (Å²) in [4.78, 5) is 29.9. The van der Waals surface area contributed by atoms with E-state index >= 15 is 0 Å². The van der Waals surface area contributed by atoms with Crippen molar-refractivity contribution >= 4 is 45.0 Å². The highest BCUT2D eigenvalue weighted by atomic mass is 35.5. The van der Waals surface area contributed by atoms with Crippen molar-refractivity contribution in [3.05, 3.63) is 58.1 Å². The van der Waals surface area contributed by atoms with Crippen LogP contribution in [0.3, 0.4) is 0 Å². The largest absolute Gasteiger partial charge is 0.495 e. The third kappa shape index (κ3) is 4.50. The molecule has 2 amide bonds. The predicted molar refractivity (Wildman–Crippen MR) is 133 cm³/mol. The van der Waals surface area contributed by atoms with Gasteiger partial charge in [0.25, 0.3) is 0 Å². The second-order valence-corrected chi connectivity index (χ2v) is 11.6. The molecule has 2 fully saturated rings. The van der Waals surface area contributed by atoms with E-state index in [1.54, 1.807) is 36.1 Å². The normalized spacial score (nSPS) is 23.2. The lowest BCUT2D eigenvalue weighted by molar-refractivity contribution is -0.154. The van der Waals surface area contributed by atoms with Crippen molar-refractivity contribution in [2.24, 2.45) is 0 Å². The maximum Gasteiger partial charge on any atom is 0.249 e. The molecule has 188 valence electrons. The lowest BCUT2D eigenvalue weighted by Gasteiger charge is -2.45. The van der Waals surface area contributed by atoms with E-state index in [0.717, 1.165) is 5.56 Å². The molecule has 2 aromatic rings. The number of piperazine rings is 1. The number of rotatable bonds is 6. The Balaban J connectivity index is 1.80. The zero-order valence-corrected chi connectivity index (χ0v) is 22.1. The first kappa shape index (κ1) is 25.8. The van der Waals surface area contributed by atoms with Gasteiger partial charge in [-0.1, -0.05) is 35.3 Å². The number of hydrogen-bond donors (Lipinski definition) is 0. The molecule has 4 rings (SSSR count). The van der Waals surface area contributed by atoms with E-state index < -0.39 is 34.2 Å². The highest BCUT2D eigenvalue weighted by Crippen LogP contribution is 2.38. The summed E-state index contributed by atoms with van der Waals surface area (Å²) in [7, 11) is -2.85. The summed E-state index contributed by atoms with van der Waals surface area (Å²) in [6, 6.07) is 9.31. The molecule has 0 bridgehead atoms. The zero-order chi connectivity index (χ0) is 25.7. The monoisotopic (exact) mass is 539 g/mol. The van der Waals surface area contributed by atoms with Crippen LogP contribution in [-0.2, 0) is 26.0 Å². The quantitative estimate of drug-likeness (QED) is 0.561. The molecule has 0 saturated carbocycles. The number of carbonyl (C=O) groups is 2. The van der Waals surface area contributed by atoms with E-state index in [-0.39, 0.29) is 40.6 Å². The van der Waals surface area contributed by atoms with Gasteiger partial charge in [0.05, 0.1) is 13.7 Å². The molecular weight excluding hydrogens is 513 g/mol. The van der Waals surface area contributed by atoms with Gasteiger partial charge < -0.3 is 14.5 Å². The fraction of sp³-hybridized carbons (Fsp3) is 0.417. The number of hydrogen-bond acceptors (Lipinski definition) is 5. The molecule has 2 heterocycles. The Bertz CT molecular complexity index is 1250. The van der Waals surface area contributed by atoms with Crippen LogP contribution < -0.4 is 4.74 Å². The molecule has 0 aliphatic carbocycles. The van der Waals surface area contributed by atoms with E-state index in [9.17, 15) is 18.0 Å². The van der Waals surface area contributed by atoms with Crippen LogP contribution in [0.1, 0.15) is 26.3 Å². The first-order valence-electron chi connectivity index (χ1n) is 11.2. The molecule has 2 saturated heterocycles. The Morgan fingerprint density at radius 3 is 2.26 bits per heavy atom. The molecule has 3 unspecified atom stereocenters. The second-order valence-electron chi connectivity index (χ2n) is 8.96. The molecule has 11 heteroatoms. The molecule has 0 N–H and O–H groups in total. The summed E-state index contributed by atoms with van der Waals surface area (Å²) in [6.07, 6.45) is -0.633. The van der Waals surface area contributed by atoms with Crippen LogP contribution in [0, 0.1) is 0 Å². The van der Waals surface area contributed by atoms with Crippen molar-refractivity contribution in [3.63, 3.8) is 0 Å². The number of amides is 2. The highest BCUT2D eigenvalue weighted by Gasteiger charge is 2.57. The van der Waals surface area contributed by atoms with Gasteiger partial charge in [0, 0.05) is 22.5 Å². The molecule has 2 aromatic carbocycles. The highest BCUT2D eigenvalue weighted by molar-refractivity contribution is 7.89. The summed E-state index contributed by atoms with van der Waals surface area (Å²) >= 11 is 12.1. The third-order valence-corrected chi connectivity index (χ3v) is 9.00. The molecule has 2 aliphatic rings. The van der Waals surface area contributed by atoms with Crippen LogP contribution in [0.25, 0.3) is 0 Å². The number of methoxy groups -OCH3 is 1. The number of carbonyl (C=O) groups excluding carboxylic acids is 2. The SMILES string of the molecule is COc1ccc(Cl)cc1S(=O)(=O)N1C(C)C(=O)N2C(Cc3ccc(Cl)cc3)C(=O)N(C(C)C)CC21. The molecule has 3 atom stereocenters. The first-order chi connectivity index (χ1) is 16.5.